The number of hydrogen-bond acceptors (Lipinski definition) is 16. The van der Waals surface area contributed by atoms with Gasteiger partial charge in [-0.15, -0.1) is 0 Å². The van der Waals surface area contributed by atoms with Crippen LogP contribution in [-0.4, -0.2) is 73.2 Å². The normalized spacial score (nSPS) is 13.3. The molecular weight excluding hydrogens is 1630 g/mol. The van der Waals surface area contributed by atoms with E-state index in [0.29, 0.717) is 71.4 Å². The summed E-state index contributed by atoms with van der Waals surface area (Å²) in [4.78, 5) is 36.1. The summed E-state index contributed by atoms with van der Waals surface area (Å²) in [5.41, 5.74) is 24.5. The van der Waals surface area contributed by atoms with Crippen molar-refractivity contribution in [2.75, 3.05) is 37.8 Å². The van der Waals surface area contributed by atoms with E-state index in [2.05, 4.69) is 56.2 Å². The zero-order valence-electron chi connectivity index (χ0n) is 67.4. The molecule has 0 aromatic heterocycles. The summed E-state index contributed by atoms with van der Waals surface area (Å²) < 4.78 is 175. The number of benzene rings is 10. The highest BCUT2D eigenvalue weighted by atomic mass is 32.2. The number of carbonyl (C=O) groups is 2. The van der Waals surface area contributed by atoms with Gasteiger partial charge >= 0.3 is 11.9 Å². The smallest absolute Gasteiger partial charge is 0.337 e. The Balaban J connectivity index is 0.000000147. The molecule has 0 amide bonds. The Morgan fingerprint density at radius 3 is 1.04 bits per heavy atom. The summed E-state index contributed by atoms with van der Waals surface area (Å²) in [6.07, 6.45) is 13.8. The van der Waals surface area contributed by atoms with Gasteiger partial charge in [0, 0.05) is 12.1 Å². The number of rotatable bonds is 18. The number of nitrogens with one attached hydrogen (secondary N) is 5. The number of halogens is 2. The van der Waals surface area contributed by atoms with Crippen LogP contribution in [0.2, 0.25) is 0 Å². The van der Waals surface area contributed by atoms with Crippen LogP contribution >= 0.6 is 0 Å². The minimum Gasteiger partial charge on any atom is -0.465 e. The molecule has 5 aliphatic rings. The van der Waals surface area contributed by atoms with Crippen LogP contribution in [0.4, 0.5) is 48.6 Å². The largest absolute Gasteiger partial charge is 0.465 e. The number of esters is 2. The Bertz CT molecular complexity index is 6700. The van der Waals surface area contributed by atoms with Gasteiger partial charge in [-0.05, 0) is 304 Å². The molecule has 10 aromatic carbocycles. The third kappa shape index (κ3) is 19.2. The van der Waals surface area contributed by atoms with Crippen LogP contribution in [0, 0.1) is 62.9 Å². The number of nitro groups is 1. The molecular formula is C90H85F2N7O16S5. The zero-order chi connectivity index (χ0) is 87.3. The van der Waals surface area contributed by atoms with Crippen molar-refractivity contribution in [3.05, 3.63) is 334 Å². The predicted octanol–water partition coefficient (Wildman–Crippen LogP) is 19.1. The van der Waals surface area contributed by atoms with E-state index < -0.39 is 89.2 Å². The van der Waals surface area contributed by atoms with E-state index >= 15 is 0 Å². The van der Waals surface area contributed by atoms with Gasteiger partial charge in [0.2, 0.25) is 0 Å². The molecule has 10 aromatic rings. The van der Waals surface area contributed by atoms with E-state index in [1.807, 2.05) is 118 Å². The van der Waals surface area contributed by atoms with Crippen molar-refractivity contribution in [1.29, 1.82) is 0 Å². The molecule has 5 aliphatic carbocycles. The minimum absolute atomic E-state index is 0.0207. The van der Waals surface area contributed by atoms with Crippen LogP contribution in [-0.2, 0) is 91.7 Å². The lowest BCUT2D eigenvalue weighted by atomic mass is 9.99. The SMILES string of the molecule is CC1=CCc2c(NS(=O)(=O)c3ccc(F)cc3F)ccc(C)c21.CC1=CCc2c(NS(=O)(=O)c3ccccc3[N+](=O)[O-])ccc(C)c21.COC(=O)c1ccc(S(=O)(=O)Nc2ccc(C)c3c2CC=C3C)cc1.COC(=O)c1cccc(S(=O)(=O)Nc2ccc(C)c3c2CC=C3C)c1.[C-]#[N+]c1ccc(S(=O)(=O)Nc2ccc(C)c3c2CC=C3C)cc1. The molecule has 0 atom stereocenters. The van der Waals surface area contributed by atoms with Crippen molar-refractivity contribution in [2.24, 2.45) is 0 Å². The second-order valence-electron chi connectivity index (χ2n) is 28.8. The number of nitrogens with zero attached hydrogens (tertiary/aromatic N) is 2. The average molecular weight is 1720 g/mol. The lowest BCUT2D eigenvalue weighted by Crippen LogP contribution is -2.16. The van der Waals surface area contributed by atoms with Gasteiger partial charge in [-0.2, -0.15) is 0 Å². The number of methoxy groups -OCH3 is 2. The Labute approximate surface area is 697 Å². The number of fused-ring (bicyclic) bond motifs is 5. The van der Waals surface area contributed by atoms with E-state index in [-0.39, 0.29) is 25.1 Å². The van der Waals surface area contributed by atoms with Crippen LogP contribution in [0.15, 0.2) is 231 Å². The quantitative estimate of drug-likeness (QED) is 0.0231. The van der Waals surface area contributed by atoms with E-state index in [4.69, 9.17) is 6.57 Å². The topological polar surface area (TPSA) is 331 Å². The average Bonchev–Trinajstić information content (AvgIpc) is 1.60. The molecule has 0 aliphatic heterocycles. The highest BCUT2D eigenvalue weighted by Crippen LogP contribution is 2.42. The molecule has 15 rings (SSSR count). The maximum absolute atomic E-state index is 13.8. The summed E-state index contributed by atoms with van der Waals surface area (Å²) in [5, 5.41) is 11.1. The number of hydrogen-bond donors (Lipinski definition) is 5. The molecule has 0 bridgehead atoms. The first-order valence-electron chi connectivity index (χ1n) is 37.3. The molecule has 0 fully saturated rings. The molecule has 5 N–H and O–H groups in total. The van der Waals surface area contributed by atoms with Gasteiger partial charge in [0.25, 0.3) is 55.8 Å². The zero-order valence-corrected chi connectivity index (χ0v) is 71.5. The number of aryl methyl sites for hydroxylation is 5. The Morgan fingerprint density at radius 2 is 0.700 bits per heavy atom. The van der Waals surface area contributed by atoms with Crippen LogP contribution < -0.4 is 23.6 Å². The number of para-hydroxylation sites is 1. The molecule has 23 nitrogen and oxygen atoms in total. The number of allylic oxidation sites excluding steroid dienone is 10. The molecule has 0 radical (unpaired) electrons. The first-order valence-corrected chi connectivity index (χ1v) is 44.8. The van der Waals surface area contributed by atoms with Crippen molar-refractivity contribution in [2.45, 2.75) is 126 Å². The fourth-order valence-electron chi connectivity index (χ4n) is 14.9. The fraction of sp³-hybridized carbons (Fsp3) is 0.189. The molecule has 30 heteroatoms. The molecule has 0 heterocycles. The minimum atomic E-state index is -4.13. The maximum Gasteiger partial charge on any atom is 0.337 e. The van der Waals surface area contributed by atoms with Gasteiger partial charge in [-0.25, -0.2) is 65.3 Å². The molecule has 620 valence electrons. The highest BCUT2D eigenvalue weighted by molar-refractivity contribution is 7.94. The van der Waals surface area contributed by atoms with Crippen molar-refractivity contribution >= 4 is 130 Å². The Kier molecular flexibility index (Phi) is 26.4. The number of carbonyl (C=O) groups excluding carboxylic acids is 2. The number of anilines is 5. The summed E-state index contributed by atoms with van der Waals surface area (Å²) >= 11 is 0. The van der Waals surface area contributed by atoms with Crippen LogP contribution in [0.3, 0.4) is 0 Å². The Morgan fingerprint density at radius 1 is 0.375 bits per heavy atom. The van der Waals surface area contributed by atoms with E-state index in [0.717, 1.165) is 124 Å². The molecule has 0 spiro atoms. The fourth-order valence-corrected chi connectivity index (χ4v) is 20.7. The first-order chi connectivity index (χ1) is 56.7. The second kappa shape index (κ2) is 35.9. The molecule has 0 unspecified atom stereocenters. The molecule has 0 saturated heterocycles. The van der Waals surface area contributed by atoms with Crippen LogP contribution in [0.25, 0.3) is 32.7 Å². The van der Waals surface area contributed by atoms with Gasteiger partial charge in [-0.3, -0.25) is 33.7 Å². The number of sulfonamides is 5. The van der Waals surface area contributed by atoms with Crippen molar-refractivity contribution in [3.8, 4) is 0 Å². The lowest BCUT2D eigenvalue weighted by molar-refractivity contribution is -0.387. The van der Waals surface area contributed by atoms with Gasteiger partial charge in [0.05, 0.1) is 80.0 Å². The van der Waals surface area contributed by atoms with Gasteiger partial charge in [0.15, 0.2) is 10.6 Å². The third-order valence-electron chi connectivity index (χ3n) is 20.8. The van der Waals surface area contributed by atoms with Gasteiger partial charge in [-0.1, -0.05) is 103 Å². The van der Waals surface area contributed by atoms with Gasteiger partial charge in [0.1, 0.15) is 16.5 Å². The second-order valence-corrected chi connectivity index (χ2v) is 37.2. The summed E-state index contributed by atoms with van der Waals surface area (Å²) in [6, 6.07) is 43.3. The van der Waals surface area contributed by atoms with E-state index in [1.54, 1.807) is 24.3 Å². The van der Waals surface area contributed by atoms with Crippen molar-refractivity contribution in [3.63, 3.8) is 0 Å². The third-order valence-corrected chi connectivity index (χ3v) is 27.8. The first kappa shape index (κ1) is 88.2. The van der Waals surface area contributed by atoms with Gasteiger partial charge < -0.3 is 9.47 Å². The van der Waals surface area contributed by atoms with E-state index in [1.165, 1.54) is 117 Å². The standard InChI is InChI=1S/2C19H19NO4S.C18H16N2O2S.C17H15F2NO2S.C17H16N2O4S/c1-12-4-10-16-17(11-5-13(2)18(12)16)20-25(22,23)15-8-6-14(7-9-15)19(21)24-3;1-12-7-9-16-17(10-8-13(2)18(12)16)20-25(22,23)15-6-4-5-14(11-15)19(21)24-3;1-12-4-10-16-17(11-5-13(2)18(12)16)20-23(21,22)15-8-6-14(19-3)7-9-15;1-10-3-6-13-15(7-4-11(2)17(10)13)20-23(21,22)16-8-5-12(18)9-14(16)19;1-11-7-9-13-14(10-8-12(2)17(11)13)18-24(22,23)16-6-4-3-5-15(16)19(20)21/h4-9,11,20H,10H2,1-3H3;4-8,10-11,20H,9H2,1-3H3;4-9,11,20H,10H2,1-2H3;3-5,7-9,20H,6H2,1-2H3;3-8,10,18H,9H2,1-2H3. The van der Waals surface area contributed by atoms with Crippen LogP contribution in [0.5, 0.6) is 0 Å². The highest BCUT2D eigenvalue weighted by Gasteiger charge is 2.31. The monoisotopic (exact) mass is 1720 g/mol. The van der Waals surface area contributed by atoms with Crippen molar-refractivity contribution < 1.29 is 74.9 Å². The summed E-state index contributed by atoms with van der Waals surface area (Å²) in [5.74, 6) is -3.02. The number of nitro benzene ring substituents is 1. The molecule has 0 saturated carbocycles. The molecule has 120 heavy (non-hydrogen) atoms. The summed E-state index contributed by atoms with van der Waals surface area (Å²) in [7, 11) is -16.9. The lowest BCUT2D eigenvalue weighted by Gasteiger charge is -2.15. The Hall–Kier alpha value is -12.7. The van der Waals surface area contributed by atoms with E-state index in [9.17, 15) is 70.6 Å². The van der Waals surface area contributed by atoms with Crippen LogP contribution in [0.1, 0.15) is 139 Å². The van der Waals surface area contributed by atoms with Crippen molar-refractivity contribution in [1.82, 2.24) is 0 Å². The predicted molar refractivity (Wildman–Crippen MR) is 464 cm³/mol. The number of ether oxygens (including phenoxy) is 2. The summed E-state index contributed by atoms with van der Waals surface area (Å²) in [6.45, 7) is 27.0. The maximum atomic E-state index is 13.8.